The van der Waals surface area contributed by atoms with Crippen LogP contribution in [-0.2, 0) is 0 Å². The van der Waals surface area contributed by atoms with Crippen LogP contribution in [0.1, 0.15) is 50.8 Å². The van der Waals surface area contributed by atoms with Crippen LogP contribution in [0, 0.1) is 12.7 Å². The van der Waals surface area contributed by atoms with Crippen molar-refractivity contribution in [2.24, 2.45) is 0 Å². The maximum Gasteiger partial charge on any atom is 0.144 e. The van der Waals surface area contributed by atoms with Crippen molar-refractivity contribution in [2.45, 2.75) is 52.5 Å². The molecule has 5 heteroatoms. The van der Waals surface area contributed by atoms with Gasteiger partial charge in [-0.15, -0.1) is 0 Å². The predicted molar refractivity (Wildman–Crippen MR) is 150 cm³/mol. The number of rotatable bonds is 5. The summed E-state index contributed by atoms with van der Waals surface area (Å²) in [6.07, 6.45) is 26.2. The molecule has 0 atom stereocenters. The summed E-state index contributed by atoms with van der Waals surface area (Å²) in [4.78, 5) is 6.99. The number of aryl methyl sites for hydroxylation is 1. The average molecular weight is 495 g/mol. The molecule has 3 aliphatic rings. The molecule has 0 spiro atoms. The molecule has 1 aliphatic heterocycles. The second-order valence-electron chi connectivity index (χ2n) is 10.2. The van der Waals surface area contributed by atoms with Crippen LogP contribution in [0.15, 0.2) is 95.3 Å². The first-order chi connectivity index (χ1) is 18.0. The van der Waals surface area contributed by atoms with Crippen LogP contribution in [0.5, 0.6) is 0 Å². The van der Waals surface area contributed by atoms with E-state index in [1.807, 2.05) is 0 Å². The molecule has 0 radical (unpaired) electrons. The fourth-order valence-electron chi connectivity index (χ4n) is 5.16. The molecule has 4 nitrogen and oxygen atoms in total. The number of hydrogen-bond acceptors (Lipinski definition) is 3. The highest BCUT2D eigenvalue weighted by atomic mass is 19.1. The lowest BCUT2D eigenvalue weighted by Crippen LogP contribution is -2.31. The topological polar surface area (TPSA) is 44.8 Å². The molecule has 0 unspecified atom stereocenters. The predicted octanol–water partition coefficient (Wildman–Crippen LogP) is 7.43. The molecular weight excluding hydrogens is 459 g/mol. The molecular formula is C32H35FN4. The lowest BCUT2D eigenvalue weighted by molar-refractivity contribution is 0.233. The van der Waals surface area contributed by atoms with Gasteiger partial charge < -0.3 is 4.90 Å². The van der Waals surface area contributed by atoms with Crippen molar-refractivity contribution in [2.75, 3.05) is 13.1 Å². The summed E-state index contributed by atoms with van der Waals surface area (Å²) in [5.41, 5.74) is 9.21. The number of halogens is 1. The average Bonchev–Trinajstić information content (AvgIpc) is 3.12. The number of allylic oxidation sites excluding steroid dienone is 12. The van der Waals surface area contributed by atoms with Gasteiger partial charge >= 0.3 is 0 Å². The molecule has 37 heavy (non-hydrogen) atoms. The smallest absolute Gasteiger partial charge is 0.144 e. The maximum atomic E-state index is 13.8. The first-order valence-electron chi connectivity index (χ1n) is 13.2. The molecule has 190 valence electrons. The van der Waals surface area contributed by atoms with E-state index in [2.05, 4.69) is 88.6 Å². The molecule has 3 heterocycles. The molecule has 0 aromatic carbocycles. The van der Waals surface area contributed by atoms with E-state index in [1.54, 1.807) is 24.8 Å². The number of pyridine rings is 1. The van der Waals surface area contributed by atoms with Gasteiger partial charge in [0.2, 0.25) is 0 Å². The Morgan fingerprint density at radius 1 is 1.03 bits per heavy atom. The third-order valence-electron chi connectivity index (χ3n) is 7.34. The molecule has 5 rings (SSSR count). The lowest BCUT2D eigenvalue weighted by atomic mass is 9.95. The molecule has 2 aliphatic carbocycles. The Balaban J connectivity index is 1.35. The summed E-state index contributed by atoms with van der Waals surface area (Å²) in [7, 11) is 0. The van der Waals surface area contributed by atoms with E-state index in [9.17, 15) is 4.39 Å². The molecule has 0 fully saturated rings. The zero-order valence-corrected chi connectivity index (χ0v) is 22.0. The first-order valence-corrected chi connectivity index (χ1v) is 13.2. The third-order valence-corrected chi connectivity index (χ3v) is 7.34. The van der Waals surface area contributed by atoms with Crippen LogP contribution in [0.3, 0.4) is 0 Å². The molecule has 2 aromatic heterocycles. The highest BCUT2D eigenvalue weighted by Crippen LogP contribution is 2.31. The van der Waals surface area contributed by atoms with Crippen molar-refractivity contribution in [1.82, 2.24) is 20.1 Å². The largest absolute Gasteiger partial charge is 0.300 e. The number of H-pyrrole nitrogens is 1. The van der Waals surface area contributed by atoms with Gasteiger partial charge in [-0.1, -0.05) is 60.3 Å². The fourth-order valence-corrected chi connectivity index (χ4v) is 5.16. The van der Waals surface area contributed by atoms with E-state index in [4.69, 9.17) is 0 Å². The van der Waals surface area contributed by atoms with Crippen molar-refractivity contribution in [3.63, 3.8) is 0 Å². The van der Waals surface area contributed by atoms with Gasteiger partial charge in [0, 0.05) is 24.7 Å². The number of aromatic amines is 1. The fraction of sp³-hybridized carbons (Fsp3) is 0.312. The Hall–Kier alpha value is -3.57. The normalized spacial score (nSPS) is 19.4. The summed E-state index contributed by atoms with van der Waals surface area (Å²) >= 11 is 0. The number of nitrogens with one attached hydrogen (secondary N) is 1. The summed E-state index contributed by atoms with van der Waals surface area (Å²) in [5, 5.41) is 7.31. The van der Waals surface area contributed by atoms with Gasteiger partial charge in [0.1, 0.15) is 5.82 Å². The summed E-state index contributed by atoms with van der Waals surface area (Å²) in [6, 6.07) is 3.75. The number of hydrogen-bond donors (Lipinski definition) is 1. The summed E-state index contributed by atoms with van der Waals surface area (Å²) in [5.74, 6) is -0.307. The Morgan fingerprint density at radius 2 is 1.89 bits per heavy atom. The van der Waals surface area contributed by atoms with Crippen LogP contribution in [0.2, 0.25) is 0 Å². The van der Waals surface area contributed by atoms with E-state index in [1.165, 1.54) is 22.8 Å². The minimum Gasteiger partial charge on any atom is -0.300 e. The third kappa shape index (κ3) is 5.89. The van der Waals surface area contributed by atoms with E-state index in [0.717, 1.165) is 55.6 Å². The molecule has 1 N–H and O–H groups in total. The van der Waals surface area contributed by atoms with Crippen LogP contribution in [0.4, 0.5) is 4.39 Å². The van der Waals surface area contributed by atoms with Crippen molar-refractivity contribution in [1.29, 1.82) is 0 Å². The zero-order chi connectivity index (χ0) is 25.8. The minimum absolute atomic E-state index is 0.307. The van der Waals surface area contributed by atoms with Crippen LogP contribution in [-0.4, -0.2) is 39.2 Å². The second kappa shape index (κ2) is 11.2. The molecule has 2 aromatic rings. The molecule has 0 bridgehead atoms. The van der Waals surface area contributed by atoms with Crippen molar-refractivity contribution < 1.29 is 4.39 Å². The SMILES string of the molecule is Cc1nc(-c2[nH]ncc2C2=C/C=C/C3=CC(CC4=CCCN(C(C)C)CC4)=CCC=C3C=C2)ccc1F. The van der Waals surface area contributed by atoms with Crippen molar-refractivity contribution >= 4 is 5.57 Å². The standard InChI is InChI=1S/C32H35FN4/c1-22(2)37-17-6-8-24(16-18-37)19-25-7-4-9-26-12-13-27(10-5-11-28(26)20-25)29-21-34-36-32(29)31-15-14-30(33)23(3)35-31/h5,7-15,20-22H,4,6,16-19H2,1-3H3,(H,34,36)/b11-5+,13-12?,27-10?. The van der Waals surface area contributed by atoms with Crippen LogP contribution in [0.25, 0.3) is 17.0 Å². The maximum absolute atomic E-state index is 13.8. The van der Waals surface area contributed by atoms with Gasteiger partial charge in [-0.3, -0.25) is 5.10 Å². The number of aromatic nitrogens is 3. The first kappa shape index (κ1) is 25.1. The number of fused-ring (bicyclic) bond motifs is 1. The number of nitrogens with zero attached hydrogens (tertiary/aromatic N) is 3. The summed E-state index contributed by atoms with van der Waals surface area (Å²) < 4.78 is 13.8. The Bertz CT molecular complexity index is 1380. The van der Waals surface area contributed by atoms with Crippen molar-refractivity contribution in [3.05, 3.63) is 112 Å². The Kier molecular flexibility index (Phi) is 7.61. The van der Waals surface area contributed by atoms with E-state index in [-0.39, 0.29) is 5.82 Å². The Labute approximate surface area is 219 Å². The van der Waals surface area contributed by atoms with E-state index < -0.39 is 0 Å². The molecule has 0 saturated carbocycles. The van der Waals surface area contributed by atoms with Crippen LogP contribution >= 0.6 is 0 Å². The van der Waals surface area contributed by atoms with Gasteiger partial charge in [-0.2, -0.15) is 5.10 Å². The van der Waals surface area contributed by atoms with Crippen LogP contribution < -0.4 is 0 Å². The molecule has 0 amide bonds. The zero-order valence-electron chi connectivity index (χ0n) is 22.0. The minimum atomic E-state index is -0.307. The van der Waals surface area contributed by atoms with Crippen molar-refractivity contribution in [3.8, 4) is 11.4 Å². The Morgan fingerprint density at radius 3 is 2.73 bits per heavy atom. The quantitative estimate of drug-likeness (QED) is 0.440. The van der Waals surface area contributed by atoms with E-state index in [0.29, 0.717) is 17.4 Å². The van der Waals surface area contributed by atoms with E-state index >= 15 is 0 Å². The highest BCUT2D eigenvalue weighted by molar-refractivity contribution is 5.84. The van der Waals surface area contributed by atoms with Gasteiger partial charge in [-0.05, 0) is 80.9 Å². The highest BCUT2D eigenvalue weighted by Gasteiger charge is 2.16. The molecule has 0 saturated heterocycles. The second-order valence-corrected chi connectivity index (χ2v) is 10.2. The van der Waals surface area contributed by atoms with Gasteiger partial charge in [0.15, 0.2) is 0 Å². The summed E-state index contributed by atoms with van der Waals surface area (Å²) in [6.45, 7) is 8.56. The lowest BCUT2D eigenvalue weighted by Gasteiger charge is -2.24. The van der Waals surface area contributed by atoms with Gasteiger partial charge in [-0.25, -0.2) is 9.37 Å². The van der Waals surface area contributed by atoms with Gasteiger partial charge in [0.25, 0.3) is 0 Å². The van der Waals surface area contributed by atoms with Gasteiger partial charge in [0.05, 0.1) is 23.3 Å². The monoisotopic (exact) mass is 494 g/mol.